The van der Waals surface area contributed by atoms with Gasteiger partial charge in [-0.1, -0.05) is 32.0 Å². The summed E-state index contributed by atoms with van der Waals surface area (Å²) < 4.78 is 32.3. The van der Waals surface area contributed by atoms with E-state index in [9.17, 15) is 8.78 Å². The fourth-order valence-electron chi connectivity index (χ4n) is 2.23. The first-order valence-electron chi connectivity index (χ1n) is 7.10. The molecule has 0 heterocycles. The van der Waals surface area contributed by atoms with Crippen LogP contribution >= 0.6 is 0 Å². The minimum Gasteiger partial charge on any atom is -0.454 e. The fourth-order valence-corrected chi connectivity index (χ4v) is 2.23. The lowest BCUT2D eigenvalue weighted by Gasteiger charge is -2.17. The van der Waals surface area contributed by atoms with Gasteiger partial charge in [0.15, 0.2) is 11.6 Å². The molecule has 0 radical (unpaired) electrons. The molecule has 0 aromatic heterocycles. The van der Waals surface area contributed by atoms with Crippen molar-refractivity contribution in [3.63, 3.8) is 0 Å². The van der Waals surface area contributed by atoms with Crippen LogP contribution in [0.25, 0.3) is 0 Å². The molecular weight excluding hydrogens is 272 g/mol. The predicted octanol–water partition coefficient (Wildman–Crippen LogP) is 4.82. The standard InChI is InChI=1S/C17H19F2NO/c1-3-15(20-4-2)12-7-5-8-13(11-12)21-16-10-6-9-14(18)17(16)19/h5-11,15,20H,3-4H2,1-2H3. The highest BCUT2D eigenvalue weighted by Crippen LogP contribution is 2.28. The van der Waals surface area contributed by atoms with Crippen molar-refractivity contribution in [1.82, 2.24) is 5.32 Å². The summed E-state index contributed by atoms with van der Waals surface area (Å²) in [6.45, 7) is 5.00. The molecule has 1 unspecified atom stereocenters. The first kappa shape index (κ1) is 15.4. The van der Waals surface area contributed by atoms with Crippen molar-refractivity contribution in [2.45, 2.75) is 26.3 Å². The Morgan fingerprint density at radius 2 is 1.86 bits per heavy atom. The van der Waals surface area contributed by atoms with Gasteiger partial charge in [0.25, 0.3) is 0 Å². The summed E-state index contributed by atoms with van der Waals surface area (Å²) in [6, 6.07) is 11.5. The second-order valence-corrected chi connectivity index (χ2v) is 4.75. The summed E-state index contributed by atoms with van der Waals surface area (Å²) in [7, 11) is 0. The lowest BCUT2D eigenvalue weighted by molar-refractivity contribution is 0.415. The van der Waals surface area contributed by atoms with Crippen LogP contribution in [0.2, 0.25) is 0 Å². The summed E-state index contributed by atoms with van der Waals surface area (Å²) >= 11 is 0. The van der Waals surface area contributed by atoms with Crippen LogP contribution in [0.4, 0.5) is 8.78 Å². The van der Waals surface area contributed by atoms with E-state index in [0.29, 0.717) is 5.75 Å². The quantitative estimate of drug-likeness (QED) is 0.824. The smallest absolute Gasteiger partial charge is 0.201 e. The summed E-state index contributed by atoms with van der Waals surface area (Å²) in [6.07, 6.45) is 0.936. The molecule has 4 heteroatoms. The van der Waals surface area contributed by atoms with Crippen LogP contribution in [0, 0.1) is 11.6 Å². The second kappa shape index (κ2) is 7.18. The van der Waals surface area contributed by atoms with E-state index < -0.39 is 11.6 Å². The summed E-state index contributed by atoms with van der Waals surface area (Å²) in [5.74, 6) is -1.50. The van der Waals surface area contributed by atoms with E-state index in [1.807, 2.05) is 25.1 Å². The van der Waals surface area contributed by atoms with E-state index in [1.165, 1.54) is 12.1 Å². The minimum atomic E-state index is -0.971. The van der Waals surface area contributed by atoms with Crippen LogP contribution < -0.4 is 10.1 Å². The van der Waals surface area contributed by atoms with E-state index in [1.54, 1.807) is 6.07 Å². The third-order valence-electron chi connectivity index (χ3n) is 3.26. The van der Waals surface area contributed by atoms with Crippen molar-refractivity contribution in [2.24, 2.45) is 0 Å². The van der Waals surface area contributed by atoms with Gasteiger partial charge in [-0.15, -0.1) is 0 Å². The highest BCUT2D eigenvalue weighted by atomic mass is 19.2. The topological polar surface area (TPSA) is 21.3 Å². The molecule has 1 N–H and O–H groups in total. The molecule has 1 atom stereocenters. The molecule has 2 rings (SSSR count). The number of rotatable bonds is 6. The van der Waals surface area contributed by atoms with Crippen molar-refractivity contribution < 1.29 is 13.5 Å². The molecule has 21 heavy (non-hydrogen) atoms. The van der Waals surface area contributed by atoms with Crippen LogP contribution in [-0.2, 0) is 0 Å². The second-order valence-electron chi connectivity index (χ2n) is 4.75. The van der Waals surface area contributed by atoms with Gasteiger partial charge in [0, 0.05) is 6.04 Å². The third-order valence-corrected chi connectivity index (χ3v) is 3.26. The molecule has 0 bridgehead atoms. The number of halogens is 2. The zero-order valence-corrected chi connectivity index (χ0v) is 12.2. The monoisotopic (exact) mass is 291 g/mol. The van der Waals surface area contributed by atoms with E-state index in [-0.39, 0.29) is 11.8 Å². The van der Waals surface area contributed by atoms with Gasteiger partial charge in [0.1, 0.15) is 5.75 Å². The Balaban J connectivity index is 2.23. The Labute approximate surface area is 123 Å². The van der Waals surface area contributed by atoms with Crippen LogP contribution in [0.1, 0.15) is 31.9 Å². The molecule has 2 aromatic carbocycles. The van der Waals surface area contributed by atoms with Crippen LogP contribution in [0.5, 0.6) is 11.5 Å². The number of nitrogens with one attached hydrogen (secondary N) is 1. The average Bonchev–Trinajstić information content (AvgIpc) is 2.50. The zero-order chi connectivity index (χ0) is 15.2. The highest BCUT2D eigenvalue weighted by Gasteiger charge is 2.12. The number of benzene rings is 2. The first-order valence-corrected chi connectivity index (χ1v) is 7.10. The lowest BCUT2D eigenvalue weighted by atomic mass is 10.0. The summed E-state index contributed by atoms with van der Waals surface area (Å²) in [5.41, 5.74) is 1.06. The van der Waals surface area contributed by atoms with Crippen molar-refractivity contribution >= 4 is 0 Å². The van der Waals surface area contributed by atoms with Gasteiger partial charge >= 0.3 is 0 Å². The number of hydrogen-bond acceptors (Lipinski definition) is 2. The van der Waals surface area contributed by atoms with E-state index in [2.05, 4.69) is 12.2 Å². The summed E-state index contributed by atoms with van der Waals surface area (Å²) in [4.78, 5) is 0. The van der Waals surface area contributed by atoms with E-state index in [0.717, 1.165) is 24.6 Å². The molecular formula is C17H19F2NO. The van der Waals surface area contributed by atoms with Crippen LogP contribution in [-0.4, -0.2) is 6.54 Å². The molecule has 0 amide bonds. The molecule has 0 saturated heterocycles. The molecule has 112 valence electrons. The SMILES string of the molecule is CCNC(CC)c1cccc(Oc2cccc(F)c2F)c1. The molecule has 2 aromatic rings. The van der Waals surface area contributed by atoms with Crippen molar-refractivity contribution in [3.05, 3.63) is 59.7 Å². The minimum absolute atomic E-state index is 0.108. The van der Waals surface area contributed by atoms with Crippen LogP contribution in [0.3, 0.4) is 0 Å². The van der Waals surface area contributed by atoms with Crippen molar-refractivity contribution in [3.8, 4) is 11.5 Å². The average molecular weight is 291 g/mol. The zero-order valence-electron chi connectivity index (χ0n) is 12.2. The fraction of sp³-hybridized carbons (Fsp3) is 0.294. The largest absolute Gasteiger partial charge is 0.454 e. The van der Waals surface area contributed by atoms with Gasteiger partial charge < -0.3 is 10.1 Å². The van der Waals surface area contributed by atoms with Gasteiger partial charge in [0.05, 0.1) is 0 Å². The van der Waals surface area contributed by atoms with Gasteiger partial charge in [-0.25, -0.2) is 4.39 Å². The van der Waals surface area contributed by atoms with Gasteiger partial charge in [-0.3, -0.25) is 0 Å². The maximum atomic E-state index is 13.6. The Bertz CT molecular complexity index is 601. The number of hydrogen-bond donors (Lipinski definition) is 1. The summed E-state index contributed by atoms with van der Waals surface area (Å²) in [5, 5.41) is 3.37. The normalized spacial score (nSPS) is 12.2. The van der Waals surface area contributed by atoms with Gasteiger partial charge in [-0.05, 0) is 42.8 Å². The molecule has 0 spiro atoms. The highest BCUT2D eigenvalue weighted by molar-refractivity contribution is 5.36. The lowest BCUT2D eigenvalue weighted by Crippen LogP contribution is -2.19. The third kappa shape index (κ3) is 3.79. The van der Waals surface area contributed by atoms with Gasteiger partial charge in [-0.2, -0.15) is 4.39 Å². The molecule has 0 aliphatic heterocycles. The Morgan fingerprint density at radius 3 is 2.57 bits per heavy atom. The molecule has 0 fully saturated rings. The Kier molecular flexibility index (Phi) is 5.28. The van der Waals surface area contributed by atoms with E-state index >= 15 is 0 Å². The van der Waals surface area contributed by atoms with Gasteiger partial charge in [0.2, 0.25) is 5.82 Å². The van der Waals surface area contributed by atoms with Crippen molar-refractivity contribution in [2.75, 3.05) is 6.54 Å². The molecule has 0 aliphatic carbocycles. The Morgan fingerprint density at radius 1 is 1.10 bits per heavy atom. The van der Waals surface area contributed by atoms with Crippen LogP contribution in [0.15, 0.2) is 42.5 Å². The number of ether oxygens (including phenoxy) is 1. The molecule has 0 saturated carbocycles. The predicted molar refractivity (Wildman–Crippen MR) is 79.6 cm³/mol. The molecule has 0 aliphatic rings. The first-order chi connectivity index (χ1) is 10.2. The maximum absolute atomic E-state index is 13.6. The van der Waals surface area contributed by atoms with Crippen molar-refractivity contribution in [1.29, 1.82) is 0 Å². The maximum Gasteiger partial charge on any atom is 0.201 e. The Hall–Kier alpha value is -1.94. The van der Waals surface area contributed by atoms with E-state index in [4.69, 9.17) is 4.74 Å². The molecule has 2 nitrogen and oxygen atoms in total.